The largest absolute Gasteiger partial charge is 0.126 e. The average molecular weight is 163 g/mol. The molecule has 0 radical (unpaired) electrons. The van der Waals surface area contributed by atoms with Gasteiger partial charge in [-0.1, -0.05) is 33.6 Å². The molecule has 0 heterocycles. The van der Waals surface area contributed by atoms with Gasteiger partial charge < -0.3 is 0 Å². The topological polar surface area (TPSA) is 0 Å². The third-order valence-corrected chi connectivity index (χ3v) is 2.38. The van der Waals surface area contributed by atoms with Crippen LogP contribution in [0.25, 0.3) is 0 Å². The molecule has 0 aromatic carbocycles. The van der Waals surface area contributed by atoms with Gasteiger partial charge in [-0.3, -0.25) is 0 Å². The Balaban J connectivity index is 3.27. The lowest BCUT2D eigenvalue weighted by molar-refractivity contribution is 0.414. The highest BCUT2D eigenvalue weighted by Gasteiger charge is 2.05. The fourth-order valence-electron chi connectivity index (χ4n) is 1.36. The maximum Gasteiger partial charge on any atom is 0.0249 e. The van der Waals surface area contributed by atoms with E-state index < -0.39 is 0 Å². The Morgan fingerprint density at radius 2 is 1.80 bits per heavy atom. The first-order chi connectivity index (χ1) is 4.70. The maximum atomic E-state index is 5.70. The summed E-state index contributed by atoms with van der Waals surface area (Å²) in [4.78, 5) is 0. The lowest BCUT2D eigenvalue weighted by atomic mass is 9.95. The Labute approximate surface area is 70.0 Å². The fraction of sp³-hybridized carbons (Fsp3) is 1.00. The van der Waals surface area contributed by atoms with Crippen LogP contribution in [0.15, 0.2) is 0 Å². The van der Waals surface area contributed by atoms with Crippen LogP contribution in [0.4, 0.5) is 0 Å². The van der Waals surface area contributed by atoms with E-state index in [9.17, 15) is 0 Å². The molecule has 0 aliphatic heterocycles. The number of hydrogen-bond acceptors (Lipinski definition) is 0. The molecule has 0 aliphatic carbocycles. The summed E-state index contributed by atoms with van der Waals surface area (Å²) < 4.78 is 0. The van der Waals surface area contributed by atoms with Gasteiger partial charge in [-0.25, -0.2) is 0 Å². The van der Waals surface area contributed by atoms with Crippen LogP contribution >= 0.6 is 11.6 Å². The van der Waals surface area contributed by atoms with Gasteiger partial charge in [-0.15, -0.1) is 11.6 Å². The summed E-state index contributed by atoms with van der Waals surface area (Å²) in [5.74, 6) is 2.37. The van der Waals surface area contributed by atoms with Crippen LogP contribution in [-0.4, -0.2) is 5.88 Å². The van der Waals surface area contributed by atoms with Gasteiger partial charge in [0.25, 0.3) is 0 Å². The zero-order chi connectivity index (χ0) is 7.98. The Hall–Kier alpha value is 0.290. The summed E-state index contributed by atoms with van der Waals surface area (Å²) in [5, 5.41) is 0. The SMILES string of the molecule is CCCC(C)CC(C)CCl. The van der Waals surface area contributed by atoms with Crippen molar-refractivity contribution in [2.24, 2.45) is 11.8 Å². The van der Waals surface area contributed by atoms with Gasteiger partial charge >= 0.3 is 0 Å². The minimum Gasteiger partial charge on any atom is -0.126 e. The van der Waals surface area contributed by atoms with Gasteiger partial charge in [0.1, 0.15) is 0 Å². The van der Waals surface area contributed by atoms with Crippen molar-refractivity contribution in [2.45, 2.75) is 40.0 Å². The minimum atomic E-state index is 0.697. The molecule has 1 heteroatoms. The number of alkyl halides is 1. The van der Waals surface area contributed by atoms with E-state index in [1.54, 1.807) is 0 Å². The zero-order valence-corrected chi connectivity index (χ0v) is 8.12. The van der Waals surface area contributed by atoms with E-state index in [0.717, 1.165) is 11.8 Å². The standard InChI is InChI=1S/C9H19Cl/c1-4-5-8(2)6-9(3)7-10/h8-9H,4-7H2,1-3H3. The Morgan fingerprint density at radius 1 is 1.20 bits per heavy atom. The molecule has 0 amide bonds. The molecular weight excluding hydrogens is 144 g/mol. The van der Waals surface area contributed by atoms with Crippen molar-refractivity contribution in [3.05, 3.63) is 0 Å². The predicted octanol–water partition coefficient (Wildman–Crippen LogP) is 3.69. The third kappa shape index (κ3) is 5.10. The van der Waals surface area contributed by atoms with E-state index in [1.807, 2.05) is 0 Å². The van der Waals surface area contributed by atoms with E-state index in [1.165, 1.54) is 19.3 Å². The second-order valence-electron chi connectivity index (χ2n) is 3.39. The van der Waals surface area contributed by atoms with Crippen molar-refractivity contribution in [3.63, 3.8) is 0 Å². The van der Waals surface area contributed by atoms with Crippen molar-refractivity contribution in [1.29, 1.82) is 0 Å². The molecule has 0 aliphatic rings. The normalized spacial score (nSPS) is 16.8. The van der Waals surface area contributed by atoms with Crippen LogP contribution in [0.1, 0.15) is 40.0 Å². The van der Waals surface area contributed by atoms with E-state index >= 15 is 0 Å². The number of hydrogen-bond donors (Lipinski definition) is 0. The summed E-state index contributed by atoms with van der Waals surface area (Å²) in [7, 11) is 0. The number of rotatable bonds is 5. The Morgan fingerprint density at radius 3 is 2.20 bits per heavy atom. The van der Waals surface area contributed by atoms with E-state index in [0.29, 0.717) is 5.92 Å². The molecular formula is C9H19Cl. The molecule has 0 N–H and O–H groups in total. The first kappa shape index (κ1) is 10.3. The van der Waals surface area contributed by atoms with Gasteiger partial charge in [-0.2, -0.15) is 0 Å². The summed E-state index contributed by atoms with van der Waals surface area (Å²) in [5.41, 5.74) is 0. The molecule has 2 atom stereocenters. The second-order valence-corrected chi connectivity index (χ2v) is 3.70. The highest BCUT2D eigenvalue weighted by molar-refractivity contribution is 6.18. The smallest absolute Gasteiger partial charge is 0.0249 e. The van der Waals surface area contributed by atoms with Gasteiger partial charge in [-0.05, 0) is 18.3 Å². The van der Waals surface area contributed by atoms with Crippen molar-refractivity contribution >= 4 is 11.6 Å². The van der Waals surface area contributed by atoms with Crippen molar-refractivity contribution in [1.82, 2.24) is 0 Å². The molecule has 0 bridgehead atoms. The molecule has 2 unspecified atom stereocenters. The van der Waals surface area contributed by atoms with Gasteiger partial charge in [0.15, 0.2) is 0 Å². The maximum absolute atomic E-state index is 5.70. The van der Waals surface area contributed by atoms with Crippen molar-refractivity contribution < 1.29 is 0 Å². The second kappa shape index (κ2) is 6.03. The van der Waals surface area contributed by atoms with E-state index in [2.05, 4.69) is 20.8 Å². The van der Waals surface area contributed by atoms with Crippen LogP contribution in [0, 0.1) is 11.8 Å². The van der Waals surface area contributed by atoms with Crippen molar-refractivity contribution in [3.8, 4) is 0 Å². The molecule has 0 aromatic heterocycles. The molecule has 0 fully saturated rings. The molecule has 0 spiro atoms. The van der Waals surface area contributed by atoms with Crippen LogP contribution in [-0.2, 0) is 0 Å². The van der Waals surface area contributed by atoms with Gasteiger partial charge in [0.05, 0.1) is 0 Å². The molecule has 0 rings (SSSR count). The first-order valence-corrected chi connectivity index (χ1v) is 4.80. The quantitative estimate of drug-likeness (QED) is 0.541. The first-order valence-electron chi connectivity index (χ1n) is 4.26. The van der Waals surface area contributed by atoms with Gasteiger partial charge in [0, 0.05) is 5.88 Å². The average Bonchev–Trinajstić information content (AvgIpc) is 1.88. The lowest BCUT2D eigenvalue weighted by Gasteiger charge is -2.13. The van der Waals surface area contributed by atoms with Crippen LogP contribution in [0.3, 0.4) is 0 Å². The summed E-state index contributed by atoms with van der Waals surface area (Å²) in [6.45, 7) is 6.77. The predicted molar refractivity (Wildman–Crippen MR) is 48.6 cm³/mol. The molecule has 62 valence electrons. The highest BCUT2D eigenvalue weighted by Crippen LogP contribution is 2.16. The molecule has 0 saturated heterocycles. The van der Waals surface area contributed by atoms with Gasteiger partial charge in [0.2, 0.25) is 0 Å². The lowest BCUT2D eigenvalue weighted by Crippen LogP contribution is -2.03. The summed E-state index contributed by atoms with van der Waals surface area (Å²) in [6, 6.07) is 0. The fourth-order valence-corrected chi connectivity index (χ4v) is 1.49. The summed E-state index contributed by atoms with van der Waals surface area (Å²) in [6.07, 6.45) is 3.94. The third-order valence-electron chi connectivity index (χ3n) is 1.85. The monoisotopic (exact) mass is 162 g/mol. The van der Waals surface area contributed by atoms with E-state index in [-0.39, 0.29) is 0 Å². The molecule has 10 heavy (non-hydrogen) atoms. The minimum absolute atomic E-state index is 0.697. The molecule has 0 nitrogen and oxygen atoms in total. The van der Waals surface area contributed by atoms with Crippen molar-refractivity contribution in [2.75, 3.05) is 5.88 Å². The number of halogens is 1. The zero-order valence-electron chi connectivity index (χ0n) is 7.36. The van der Waals surface area contributed by atoms with Crippen LogP contribution < -0.4 is 0 Å². The summed E-state index contributed by atoms with van der Waals surface area (Å²) >= 11 is 5.70. The van der Waals surface area contributed by atoms with E-state index in [4.69, 9.17) is 11.6 Å². The van der Waals surface area contributed by atoms with Crippen LogP contribution in [0.2, 0.25) is 0 Å². The molecule has 0 aromatic rings. The highest BCUT2D eigenvalue weighted by atomic mass is 35.5. The van der Waals surface area contributed by atoms with Crippen LogP contribution in [0.5, 0.6) is 0 Å². The molecule has 0 saturated carbocycles. The Kier molecular flexibility index (Phi) is 6.20. The Bertz CT molecular complexity index is 71.1.